The molecule has 8 aromatic carbocycles. The maximum absolute atomic E-state index is 5.32. The SMILES string of the molecule is c1ccc(-c2cc(-c3ccc(-c4cccc(-c5cc(-c6ccccc6)nc6c5ccc5ccc(-c7ccccc7)nc56)c4)cc3)nc(-c3cccc(-c4cccc5ncccc45)c3)n2)cc1. The van der Waals surface area contributed by atoms with Gasteiger partial charge in [-0.25, -0.2) is 19.9 Å². The number of nitrogens with zero attached hydrogens (tertiary/aromatic N) is 5. The summed E-state index contributed by atoms with van der Waals surface area (Å²) < 4.78 is 0. The van der Waals surface area contributed by atoms with Gasteiger partial charge in [-0.1, -0.05) is 188 Å². The van der Waals surface area contributed by atoms with E-state index in [9.17, 15) is 0 Å². The molecule has 12 rings (SSSR count). The van der Waals surface area contributed by atoms with Crippen LogP contribution in [0.2, 0.25) is 0 Å². The summed E-state index contributed by atoms with van der Waals surface area (Å²) in [4.78, 5) is 25.5. The molecule has 4 aromatic heterocycles. The van der Waals surface area contributed by atoms with Gasteiger partial charge in [-0.2, -0.15) is 0 Å². The standard InChI is InChI=1S/C61H39N5/c1-4-14-41(15-5-1)54-34-32-45-31-33-52-53(38-56(42-16-6-2-7-17-42)64-60(52)59(45)63-54)48-22-10-20-46(36-48)40-27-29-44(30-28-40)58-39-57(43-18-8-3-9-19-43)65-61(66-58)49-23-11-21-47(37-49)50-24-12-26-55-51(50)25-13-35-62-55/h1-39H. The molecule has 0 bridgehead atoms. The van der Waals surface area contributed by atoms with E-state index in [1.807, 2.05) is 48.7 Å². The first-order valence-electron chi connectivity index (χ1n) is 22.1. The summed E-state index contributed by atoms with van der Waals surface area (Å²) in [5.74, 6) is 0.669. The molecule has 0 unspecified atom stereocenters. The predicted molar refractivity (Wildman–Crippen MR) is 271 cm³/mol. The van der Waals surface area contributed by atoms with Crippen LogP contribution >= 0.6 is 0 Å². The Balaban J connectivity index is 0.933. The lowest BCUT2D eigenvalue weighted by molar-refractivity contribution is 1.18. The Bertz CT molecular complexity index is 3730. The van der Waals surface area contributed by atoms with Gasteiger partial charge < -0.3 is 0 Å². The van der Waals surface area contributed by atoms with Gasteiger partial charge in [0.05, 0.1) is 39.3 Å². The molecule has 0 aliphatic rings. The van der Waals surface area contributed by atoms with Crippen LogP contribution in [0.15, 0.2) is 237 Å². The van der Waals surface area contributed by atoms with E-state index in [0.717, 1.165) is 117 Å². The molecular weight excluding hydrogens is 803 g/mol. The van der Waals surface area contributed by atoms with E-state index in [4.69, 9.17) is 19.9 Å². The molecule has 4 heterocycles. The maximum atomic E-state index is 5.32. The van der Waals surface area contributed by atoms with E-state index in [2.05, 4.69) is 193 Å². The molecule has 0 aliphatic carbocycles. The maximum Gasteiger partial charge on any atom is 0.160 e. The average molecular weight is 842 g/mol. The van der Waals surface area contributed by atoms with Crippen molar-refractivity contribution >= 4 is 32.7 Å². The minimum Gasteiger partial charge on any atom is -0.256 e. The zero-order valence-electron chi connectivity index (χ0n) is 35.8. The fraction of sp³-hybridized carbons (Fsp3) is 0. The third-order valence-electron chi connectivity index (χ3n) is 12.3. The second-order valence-corrected chi connectivity index (χ2v) is 16.5. The first-order valence-corrected chi connectivity index (χ1v) is 22.1. The molecule has 0 saturated heterocycles. The van der Waals surface area contributed by atoms with Gasteiger partial charge in [0.2, 0.25) is 0 Å². The highest BCUT2D eigenvalue weighted by Gasteiger charge is 2.16. The monoisotopic (exact) mass is 841 g/mol. The Morgan fingerprint density at radius 3 is 1.50 bits per heavy atom. The van der Waals surface area contributed by atoms with Gasteiger partial charge in [0.1, 0.15) is 0 Å². The van der Waals surface area contributed by atoms with Gasteiger partial charge in [0.15, 0.2) is 5.82 Å². The van der Waals surface area contributed by atoms with Crippen molar-refractivity contribution in [3.05, 3.63) is 237 Å². The van der Waals surface area contributed by atoms with E-state index in [1.54, 1.807) is 0 Å². The number of pyridine rings is 3. The lowest BCUT2D eigenvalue weighted by atomic mass is 9.94. The normalized spacial score (nSPS) is 11.3. The van der Waals surface area contributed by atoms with Crippen molar-refractivity contribution in [3.63, 3.8) is 0 Å². The molecule has 0 atom stereocenters. The first-order chi connectivity index (χ1) is 32.7. The topological polar surface area (TPSA) is 64.5 Å². The number of hydrogen-bond acceptors (Lipinski definition) is 5. The van der Waals surface area contributed by atoms with Crippen LogP contribution in [0.5, 0.6) is 0 Å². The molecule has 66 heavy (non-hydrogen) atoms. The molecule has 5 nitrogen and oxygen atoms in total. The van der Waals surface area contributed by atoms with Crippen molar-refractivity contribution in [2.24, 2.45) is 0 Å². The first kappa shape index (κ1) is 38.7. The quantitative estimate of drug-likeness (QED) is 0.143. The summed E-state index contributed by atoms with van der Waals surface area (Å²) in [7, 11) is 0. The van der Waals surface area contributed by atoms with Crippen LogP contribution in [0.3, 0.4) is 0 Å². The van der Waals surface area contributed by atoms with Crippen molar-refractivity contribution in [3.8, 4) is 89.8 Å². The third kappa shape index (κ3) is 7.34. The number of rotatable bonds is 8. The molecule has 5 heteroatoms. The number of fused-ring (bicyclic) bond motifs is 4. The highest BCUT2D eigenvalue weighted by molar-refractivity contribution is 6.10. The Labute approximate surface area is 382 Å². The lowest BCUT2D eigenvalue weighted by Gasteiger charge is -2.14. The summed E-state index contributed by atoms with van der Waals surface area (Å²) in [6.45, 7) is 0. The van der Waals surface area contributed by atoms with E-state index < -0.39 is 0 Å². The smallest absolute Gasteiger partial charge is 0.160 e. The molecular formula is C61H39N5. The van der Waals surface area contributed by atoms with Crippen LogP contribution in [-0.2, 0) is 0 Å². The van der Waals surface area contributed by atoms with Gasteiger partial charge in [-0.15, -0.1) is 0 Å². The molecule has 0 aliphatic heterocycles. The van der Waals surface area contributed by atoms with E-state index in [-0.39, 0.29) is 0 Å². The zero-order chi connectivity index (χ0) is 43.8. The van der Waals surface area contributed by atoms with Crippen LogP contribution in [0.25, 0.3) is 123 Å². The van der Waals surface area contributed by atoms with E-state index >= 15 is 0 Å². The van der Waals surface area contributed by atoms with Crippen molar-refractivity contribution < 1.29 is 0 Å². The van der Waals surface area contributed by atoms with E-state index in [0.29, 0.717) is 5.82 Å². The molecule has 0 spiro atoms. The van der Waals surface area contributed by atoms with Crippen LogP contribution in [0.1, 0.15) is 0 Å². The number of hydrogen-bond donors (Lipinski definition) is 0. The second kappa shape index (κ2) is 16.6. The van der Waals surface area contributed by atoms with Crippen molar-refractivity contribution in [2.75, 3.05) is 0 Å². The number of aromatic nitrogens is 5. The fourth-order valence-corrected chi connectivity index (χ4v) is 9.00. The summed E-state index contributed by atoms with van der Waals surface area (Å²) in [5, 5.41) is 3.22. The summed E-state index contributed by atoms with van der Waals surface area (Å²) in [6.07, 6.45) is 1.84. The minimum absolute atomic E-state index is 0.669. The van der Waals surface area contributed by atoms with Crippen molar-refractivity contribution in [1.82, 2.24) is 24.9 Å². The Hall–Kier alpha value is -8.93. The highest BCUT2D eigenvalue weighted by Crippen LogP contribution is 2.38. The van der Waals surface area contributed by atoms with Gasteiger partial charge in [0.25, 0.3) is 0 Å². The van der Waals surface area contributed by atoms with Crippen LogP contribution in [0.4, 0.5) is 0 Å². The third-order valence-corrected chi connectivity index (χ3v) is 12.3. The van der Waals surface area contributed by atoms with Crippen LogP contribution < -0.4 is 0 Å². The minimum atomic E-state index is 0.669. The van der Waals surface area contributed by atoms with Crippen molar-refractivity contribution in [1.29, 1.82) is 0 Å². The predicted octanol–water partition coefficient (Wildman–Crippen LogP) is 15.5. The molecule has 12 aromatic rings. The molecule has 0 amide bonds. The summed E-state index contributed by atoms with van der Waals surface area (Å²) >= 11 is 0. The molecule has 0 fully saturated rings. The average Bonchev–Trinajstić information content (AvgIpc) is 3.41. The Morgan fingerprint density at radius 2 is 0.788 bits per heavy atom. The van der Waals surface area contributed by atoms with Crippen molar-refractivity contribution in [2.45, 2.75) is 0 Å². The van der Waals surface area contributed by atoms with Gasteiger partial charge in [-0.3, -0.25) is 4.98 Å². The summed E-state index contributed by atoms with van der Waals surface area (Å²) in [5.41, 5.74) is 18.1. The van der Waals surface area contributed by atoms with E-state index in [1.165, 1.54) is 0 Å². The molecule has 0 saturated carbocycles. The highest BCUT2D eigenvalue weighted by atomic mass is 14.9. The molecule has 0 N–H and O–H groups in total. The lowest BCUT2D eigenvalue weighted by Crippen LogP contribution is -1.96. The Morgan fingerprint density at radius 1 is 0.258 bits per heavy atom. The molecule has 0 radical (unpaired) electrons. The fourth-order valence-electron chi connectivity index (χ4n) is 9.00. The zero-order valence-corrected chi connectivity index (χ0v) is 35.8. The largest absolute Gasteiger partial charge is 0.256 e. The second-order valence-electron chi connectivity index (χ2n) is 16.5. The van der Waals surface area contributed by atoms with Gasteiger partial charge >= 0.3 is 0 Å². The molecule has 308 valence electrons. The summed E-state index contributed by atoms with van der Waals surface area (Å²) in [6, 6.07) is 80.4. The van der Waals surface area contributed by atoms with Crippen LogP contribution in [-0.4, -0.2) is 24.9 Å². The Kier molecular flexibility index (Phi) is 9.77. The number of benzene rings is 8. The van der Waals surface area contributed by atoms with Gasteiger partial charge in [0, 0.05) is 50.2 Å². The van der Waals surface area contributed by atoms with Gasteiger partial charge in [-0.05, 0) is 75.8 Å². The van der Waals surface area contributed by atoms with Crippen LogP contribution in [0, 0.1) is 0 Å².